The summed E-state index contributed by atoms with van der Waals surface area (Å²) in [4.78, 5) is 11.8. The van der Waals surface area contributed by atoms with Gasteiger partial charge in [0, 0.05) is 12.1 Å². The molecule has 0 N–H and O–H groups in total. The van der Waals surface area contributed by atoms with Crippen LogP contribution in [-0.4, -0.2) is 15.6 Å². The van der Waals surface area contributed by atoms with Crippen LogP contribution in [0.15, 0.2) is 6.20 Å². The van der Waals surface area contributed by atoms with Crippen LogP contribution in [0.2, 0.25) is 0 Å². The molecule has 0 aliphatic heterocycles. The number of carbonyl (C=O) groups excluding carboxylic acids is 1. The van der Waals surface area contributed by atoms with Crippen LogP contribution >= 0.6 is 0 Å². The summed E-state index contributed by atoms with van der Waals surface area (Å²) in [7, 11) is 0. The van der Waals surface area contributed by atoms with Crippen LogP contribution < -0.4 is 0 Å². The number of hydrogen-bond donors (Lipinski definition) is 0. The van der Waals surface area contributed by atoms with E-state index >= 15 is 0 Å². The standard InChI is InChI=1S/C14H20N2O/c17-14-9-5-8-13-12(14)10-15-16(13)11-6-3-1-2-4-7-11/h10-11H,1-9H2. The van der Waals surface area contributed by atoms with E-state index in [2.05, 4.69) is 9.78 Å². The van der Waals surface area contributed by atoms with Crippen molar-refractivity contribution in [2.75, 3.05) is 0 Å². The van der Waals surface area contributed by atoms with Gasteiger partial charge in [-0.05, 0) is 25.7 Å². The summed E-state index contributed by atoms with van der Waals surface area (Å²) in [5.41, 5.74) is 2.12. The van der Waals surface area contributed by atoms with Crippen LogP contribution in [0.5, 0.6) is 0 Å². The minimum absolute atomic E-state index is 0.297. The maximum absolute atomic E-state index is 11.8. The number of aromatic nitrogens is 2. The molecule has 3 heteroatoms. The third-order valence-corrected chi connectivity index (χ3v) is 4.19. The van der Waals surface area contributed by atoms with Crippen LogP contribution in [0.3, 0.4) is 0 Å². The van der Waals surface area contributed by atoms with Crippen molar-refractivity contribution in [2.45, 2.75) is 63.8 Å². The molecule has 0 unspecified atom stereocenters. The highest BCUT2D eigenvalue weighted by Crippen LogP contribution is 2.30. The van der Waals surface area contributed by atoms with Crippen molar-refractivity contribution >= 4 is 5.78 Å². The lowest BCUT2D eigenvalue weighted by atomic mass is 9.96. The minimum Gasteiger partial charge on any atom is -0.294 e. The van der Waals surface area contributed by atoms with E-state index in [0.29, 0.717) is 18.2 Å². The van der Waals surface area contributed by atoms with Gasteiger partial charge in [-0.15, -0.1) is 0 Å². The van der Waals surface area contributed by atoms with E-state index in [4.69, 9.17) is 0 Å². The summed E-state index contributed by atoms with van der Waals surface area (Å²) in [6.07, 6.45) is 12.4. The zero-order valence-electron chi connectivity index (χ0n) is 10.3. The van der Waals surface area contributed by atoms with Crippen LogP contribution in [0.1, 0.15) is 73.5 Å². The average Bonchev–Trinajstić information content (AvgIpc) is 2.59. The Kier molecular flexibility index (Phi) is 3.00. The molecule has 3 nitrogen and oxygen atoms in total. The van der Waals surface area contributed by atoms with E-state index in [0.717, 1.165) is 18.4 Å². The van der Waals surface area contributed by atoms with E-state index in [1.54, 1.807) is 0 Å². The lowest BCUT2D eigenvalue weighted by Crippen LogP contribution is -2.17. The van der Waals surface area contributed by atoms with Gasteiger partial charge in [-0.1, -0.05) is 25.7 Å². The summed E-state index contributed by atoms with van der Waals surface area (Å²) in [5.74, 6) is 0.297. The summed E-state index contributed by atoms with van der Waals surface area (Å²) >= 11 is 0. The number of hydrogen-bond acceptors (Lipinski definition) is 2. The monoisotopic (exact) mass is 232 g/mol. The van der Waals surface area contributed by atoms with Crippen LogP contribution in [-0.2, 0) is 6.42 Å². The Balaban J connectivity index is 1.89. The highest BCUT2D eigenvalue weighted by atomic mass is 16.1. The second-order valence-corrected chi connectivity index (χ2v) is 5.37. The normalized spacial score (nSPS) is 22.2. The third kappa shape index (κ3) is 2.03. The van der Waals surface area contributed by atoms with Crippen molar-refractivity contribution in [3.63, 3.8) is 0 Å². The van der Waals surface area contributed by atoms with Crippen molar-refractivity contribution in [3.8, 4) is 0 Å². The number of ketones is 1. The summed E-state index contributed by atoms with van der Waals surface area (Å²) < 4.78 is 2.18. The fraction of sp³-hybridized carbons (Fsp3) is 0.714. The molecule has 0 saturated heterocycles. The third-order valence-electron chi connectivity index (χ3n) is 4.19. The maximum Gasteiger partial charge on any atom is 0.166 e. The maximum atomic E-state index is 11.8. The first-order valence-corrected chi connectivity index (χ1v) is 6.96. The second kappa shape index (κ2) is 4.63. The molecular formula is C14H20N2O. The SMILES string of the molecule is O=C1CCCc2c1cnn2C1CCCCCC1. The zero-order chi connectivity index (χ0) is 11.7. The molecule has 0 spiro atoms. The number of rotatable bonds is 1. The van der Waals surface area contributed by atoms with Gasteiger partial charge in [0.2, 0.25) is 0 Å². The first-order valence-electron chi connectivity index (χ1n) is 6.96. The quantitative estimate of drug-likeness (QED) is 0.696. The Morgan fingerprint density at radius 2 is 1.82 bits per heavy atom. The molecule has 1 saturated carbocycles. The molecule has 0 radical (unpaired) electrons. The molecule has 1 aromatic heterocycles. The van der Waals surface area contributed by atoms with Crippen molar-refractivity contribution in [1.29, 1.82) is 0 Å². The molecule has 2 aliphatic rings. The molecule has 0 bridgehead atoms. The molecule has 0 aromatic carbocycles. The minimum atomic E-state index is 0.297. The first-order chi connectivity index (χ1) is 8.36. The summed E-state index contributed by atoms with van der Waals surface area (Å²) in [6.45, 7) is 0. The fourth-order valence-electron chi connectivity index (χ4n) is 3.24. The van der Waals surface area contributed by atoms with E-state index < -0.39 is 0 Å². The predicted octanol–water partition coefficient (Wildman–Crippen LogP) is 3.30. The highest BCUT2D eigenvalue weighted by Gasteiger charge is 2.25. The lowest BCUT2D eigenvalue weighted by Gasteiger charge is -2.20. The van der Waals surface area contributed by atoms with Gasteiger partial charge in [0.05, 0.1) is 17.8 Å². The number of carbonyl (C=O) groups is 1. The first kappa shape index (κ1) is 11.0. The molecule has 92 valence electrons. The van der Waals surface area contributed by atoms with E-state index in [9.17, 15) is 4.79 Å². The number of nitrogens with zero attached hydrogens (tertiary/aromatic N) is 2. The molecule has 1 fully saturated rings. The van der Waals surface area contributed by atoms with Crippen molar-refractivity contribution in [2.24, 2.45) is 0 Å². The summed E-state index contributed by atoms with van der Waals surface area (Å²) in [6, 6.07) is 0.548. The van der Waals surface area contributed by atoms with Crippen LogP contribution in [0, 0.1) is 0 Å². The van der Waals surface area contributed by atoms with Gasteiger partial charge in [-0.25, -0.2) is 0 Å². The smallest absolute Gasteiger partial charge is 0.166 e. The second-order valence-electron chi connectivity index (χ2n) is 5.37. The molecule has 17 heavy (non-hydrogen) atoms. The topological polar surface area (TPSA) is 34.9 Å². The van der Waals surface area contributed by atoms with Gasteiger partial charge >= 0.3 is 0 Å². The zero-order valence-corrected chi connectivity index (χ0v) is 10.3. The number of Topliss-reactive ketones (excluding diaryl/α,β-unsaturated/α-hetero) is 1. The summed E-state index contributed by atoms with van der Waals surface area (Å²) in [5, 5.41) is 4.51. The van der Waals surface area contributed by atoms with Crippen molar-refractivity contribution < 1.29 is 4.79 Å². The highest BCUT2D eigenvalue weighted by molar-refractivity contribution is 5.97. The van der Waals surface area contributed by atoms with E-state index in [1.807, 2.05) is 6.20 Å². The van der Waals surface area contributed by atoms with Crippen LogP contribution in [0.25, 0.3) is 0 Å². The Labute approximate surface area is 102 Å². The van der Waals surface area contributed by atoms with Gasteiger partial charge in [0.15, 0.2) is 5.78 Å². The van der Waals surface area contributed by atoms with Crippen LogP contribution in [0.4, 0.5) is 0 Å². The average molecular weight is 232 g/mol. The fourth-order valence-corrected chi connectivity index (χ4v) is 3.24. The molecular weight excluding hydrogens is 212 g/mol. The predicted molar refractivity (Wildman–Crippen MR) is 66.2 cm³/mol. The molecule has 0 amide bonds. The van der Waals surface area contributed by atoms with Gasteiger partial charge < -0.3 is 0 Å². The van der Waals surface area contributed by atoms with Gasteiger partial charge in [-0.2, -0.15) is 5.10 Å². The molecule has 2 aliphatic carbocycles. The van der Waals surface area contributed by atoms with Gasteiger partial charge in [-0.3, -0.25) is 9.48 Å². The Bertz CT molecular complexity index is 414. The van der Waals surface area contributed by atoms with E-state index in [-0.39, 0.29) is 0 Å². The van der Waals surface area contributed by atoms with Crippen molar-refractivity contribution in [3.05, 3.63) is 17.5 Å². The van der Waals surface area contributed by atoms with Crippen molar-refractivity contribution in [1.82, 2.24) is 9.78 Å². The lowest BCUT2D eigenvalue weighted by molar-refractivity contribution is 0.0971. The largest absolute Gasteiger partial charge is 0.294 e. The molecule has 3 rings (SSSR count). The Morgan fingerprint density at radius 1 is 1.06 bits per heavy atom. The molecule has 1 aromatic rings. The Hall–Kier alpha value is -1.12. The molecule has 1 heterocycles. The van der Waals surface area contributed by atoms with Gasteiger partial charge in [0.25, 0.3) is 0 Å². The molecule has 0 atom stereocenters. The van der Waals surface area contributed by atoms with Gasteiger partial charge in [0.1, 0.15) is 0 Å². The number of fused-ring (bicyclic) bond motifs is 1. The Morgan fingerprint density at radius 3 is 2.59 bits per heavy atom. The van der Waals surface area contributed by atoms with E-state index in [1.165, 1.54) is 44.2 Å².